The first-order chi connectivity index (χ1) is 6.33. The third kappa shape index (κ3) is 1.45. The minimum atomic E-state index is 0.0827. The van der Waals surface area contributed by atoms with Crippen LogP contribution in [0.25, 0.3) is 0 Å². The highest BCUT2D eigenvalue weighted by atomic mass is 35.5. The van der Waals surface area contributed by atoms with E-state index in [4.69, 9.17) is 26.2 Å². The summed E-state index contributed by atoms with van der Waals surface area (Å²) in [5.41, 5.74) is 0.883. The van der Waals surface area contributed by atoms with Crippen molar-refractivity contribution in [1.82, 2.24) is 0 Å². The van der Waals surface area contributed by atoms with Gasteiger partial charge in [-0.25, -0.2) is 0 Å². The molecule has 0 spiro atoms. The maximum absolute atomic E-state index is 8.76. The number of rotatable bonds is 2. The fourth-order valence-corrected chi connectivity index (χ4v) is 1.60. The van der Waals surface area contributed by atoms with Gasteiger partial charge in [0.1, 0.15) is 0 Å². The zero-order valence-corrected chi connectivity index (χ0v) is 7.67. The van der Waals surface area contributed by atoms with Crippen LogP contribution in [-0.4, -0.2) is 18.5 Å². The Morgan fingerprint density at radius 3 is 3.00 bits per heavy atom. The molecule has 0 aromatic heterocycles. The summed E-state index contributed by atoms with van der Waals surface area (Å²) in [6.45, 7) is 0.303. The van der Waals surface area contributed by atoms with Gasteiger partial charge in [0, 0.05) is 6.61 Å². The summed E-state index contributed by atoms with van der Waals surface area (Å²) >= 11 is 6.02. The summed E-state index contributed by atoms with van der Waals surface area (Å²) in [5, 5.41) is 9.31. The molecule has 1 aromatic rings. The van der Waals surface area contributed by atoms with E-state index in [-0.39, 0.29) is 13.4 Å². The van der Waals surface area contributed by atoms with Gasteiger partial charge >= 0.3 is 0 Å². The maximum Gasteiger partial charge on any atom is 0.231 e. The second-order valence-electron chi connectivity index (χ2n) is 2.75. The molecule has 0 aliphatic carbocycles. The van der Waals surface area contributed by atoms with E-state index in [0.29, 0.717) is 22.9 Å². The average Bonchev–Trinajstić information content (AvgIpc) is 2.58. The SMILES string of the molecule is OCCc1ccc2c(c1Cl)OCO2. The van der Waals surface area contributed by atoms with Gasteiger partial charge in [-0.1, -0.05) is 17.7 Å². The van der Waals surface area contributed by atoms with E-state index in [9.17, 15) is 0 Å². The molecule has 0 unspecified atom stereocenters. The molecule has 1 N–H and O–H groups in total. The zero-order valence-electron chi connectivity index (χ0n) is 6.92. The smallest absolute Gasteiger partial charge is 0.231 e. The number of ether oxygens (including phenoxy) is 2. The van der Waals surface area contributed by atoms with Crippen LogP contribution in [0.1, 0.15) is 5.56 Å². The number of halogens is 1. The molecule has 0 saturated carbocycles. The van der Waals surface area contributed by atoms with Crippen LogP contribution in [0, 0.1) is 0 Å². The van der Waals surface area contributed by atoms with Gasteiger partial charge in [-0.15, -0.1) is 0 Å². The highest BCUT2D eigenvalue weighted by Crippen LogP contribution is 2.40. The van der Waals surface area contributed by atoms with Crippen molar-refractivity contribution in [3.05, 3.63) is 22.7 Å². The van der Waals surface area contributed by atoms with Crippen LogP contribution in [0.15, 0.2) is 12.1 Å². The molecule has 1 heterocycles. The first-order valence-electron chi connectivity index (χ1n) is 4.01. The standard InChI is InChI=1S/C9H9ClO3/c10-8-6(3-4-11)1-2-7-9(8)13-5-12-7/h1-2,11H,3-5H2. The van der Waals surface area contributed by atoms with Crippen LogP contribution < -0.4 is 9.47 Å². The van der Waals surface area contributed by atoms with Crippen molar-refractivity contribution >= 4 is 11.6 Å². The van der Waals surface area contributed by atoms with Crippen LogP contribution in [0.5, 0.6) is 11.5 Å². The molecule has 2 rings (SSSR count). The molecule has 0 bridgehead atoms. The van der Waals surface area contributed by atoms with E-state index in [1.54, 1.807) is 6.07 Å². The molecular formula is C9H9ClO3. The predicted octanol–water partition coefficient (Wildman–Crippen LogP) is 1.60. The molecule has 70 valence electrons. The molecule has 4 heteroatoms. The maximum atomic E-state index is 8.76. The molecule has 0 saturated heterocycles. The van der Waals surface area contributed by atoms with Crippen molar-refractivity contribution in [3.8, 4) is 11.5 Å². The van der Waals surface area contributed by atoms with Crippen molar-refractivity contribution < 1.29 is 14.6 Å². The molecule has 1 aliphatic heterocycles. The number of benzene rings is 1. The Labute approximate surface area is 80.8 Å². The monoisotopic (exact) mass is 200 g/mol. The minimum Gasteiger partial charge on any atom is -0.454 e. The molecule has 1 aliphatic rings. The van der Waals surface area contributed by atoms with Gasteiger partial charge in [-0.3, -0.25) is 0 Å². The largest absolute Gasteiger partial charge is 0.454 e. The first-order valence-corrected chi connectivity index (χ1v) is 4.38. The summed E-state index contributed by atoms with van der Waals surface area (Å²) in [5.74, 6) is 1.26. The predicted molar refractivity (Wildman–Crippen MR) is 48.4 cm³/mol. The lowest BCUT2D eigenvalue weighted by Gasteiger charge is -2.04. The van der Waals surface area contributed by atoms with Crippen molar-refractivity contribution in [2.45, 2.75) is 6.42 Å². The Hall–Kier alpha value is -0.930. The number of aliphatic hydroxyl groups is 1. The van der Waals surface area contributed by atoms with E-state index in [1.165, 1.54) is 0 Å². The van der Waals surface area contributed by atoms with E-state index >= 15 is 0 Å². The molecule has 3 nitrogen and oxygen atoms in total. The highest BCUT2D eigenvalue weighted by Gasteiger charge is 2.18. The number of hydrogen-bond acceptors (Lipinski definition) is 3. The second-order valence-corrected chi connectivity index (χ2v) is 3.12. The quantitative estimate of drug-likeness (QED) is 0.788. The van der Waals surface area contributed by atoms with Gasteiger partial charge in [0.15, 0.2) is 11.5 Å². The summed E-state index contributed by atoms with van der Waals surface area (Å²) in [6, 6.07) is 3.64. The Balaban J connectivity index is 2.40. The lowest BCUT2D eigenvalue weighted by molar-refractivity contribution is 0.174. The fourth-order valence-electron chi connectivity index (χ4n) is 1.29. The van der Waals surface area contributed by atoms with Crippen molar-refractivity contribution in [3.63, 3.8) is 0 Å². The molecule has 13 heavy (non-hydrogen) atoms. The summed E-state index contributed by atoms with van der Waals surface area (Å²) < 4.78 is 10.3. The number of hydrogen-bond donors (Lipinski definition) is 1. The minimum absolute atomic E-state index is 0.0827. The van der Waals surface area contributed by atoms with Crippen molar-refractivity contribution in [2.75, 3.05) is 13.4 Å². The van der Waals surface area contributed by atoms with Crippen LogP contribution in [0.4, 0.5) is 0 Å². The van der Waals surface area contributed by atoms with Gasteiger partial charge in [0.25, 0.3) is 0 Å². The molecular weight excluding hydrogens is 192 g/mol. The lowest BCUT2D eigenvalue weighted by atomic mass is 10.1. The van der Waals surface area contributed by atoms with Crippen LogP contribution in [0.3, 0.4) is 0 Å². The second kappa shape index (κ2) is 3.44. The average molecular weight is 201 g/mol. The summed E-state index contributed by atoms with van der Waals surface area (Å²) in [6.07, 6.45) is 0.537. The summed E-state index contributed by atoms with van der Waals surface area (Å²) in [4.78, 5) is 0. The fraction of sp³-hybridized carbons (Fsp3) is 0.333. The van der Waals surface area contributed by atoms with Gasteiger partial charge in [-0.2, -0.15) is 0 Å². The van der Waals surface area contributed by atoms with E-state index in [2.05, 4.69) is 0 Å². The Kier molecular flexibility index (Phi) is 2.29. The third-order valence-corrected chi connectivity index (χ3v) is 2.35. The van der Waals surface area contributed by atoms with Gasteiger partial charge < -0.3 is 14.6 Å². The van der Waals surface area contributed by atoms with E-state index < -0.39 is 0 Å². The normalized spacial score (nSPS) is 13.4. The number of fused-ring (bicyclic) bond motifs is 1. The molecule has 0 fully saturated rings. The number of aliphatic hydroxyl groups excluding tert-OH is 1. The van der Waals surface area contributed by atoms with E-state index in [0.717, 1.165) is 5.56 Å². The highest BCUT2D eigenvalue weighted by molar-refractivity contribution is 6.33. The Morgan fingerprint density at radius 2 is 2.23 bits per heavy atom. The van der Waals surface area contributed by atoms with Crippen LogP contribution >= 0.6 is 11.6 Å². The van der Waals surface area contributed by atoms with Gasteiger partial charge in [0.05, 0.1) is 5.02 Å². The van der Waals surface area contributed by atoms with Crippen molar-refractivity contribution in [1.29, 1.82) is 0 Å². The molecule has 0 amide bonds. The van der Waals surface area contributed by atoms with Gasteiger partial charge in [0.2, 0.25) is 6.79 Å². The molecule has 0 radical (unpaired) electrons. The molecule has 1 aromatic carbocycles. The lowest BCUT2D eigenvalue weighted by Crippen LogP contribution is -1.94. The topological polar surface area (TPSA) is 38.7 Å². The third-order valence-electron chi connectivity index (χ3n) is 1.94. The zero-order chi connectivity index (χ0) is 9.26. The van der Waals surface area contributed by atoms with Crippen LogP contribution in [-0.2, 0) is 6.42 Å². The summed E-state index contributed by atoms with van der Waals surface area (Å²) in [7, 11) is 0. The van der Waals surface area contributed by atoms with E-state index in [1.807, 2.05) is 6.07 Å². The molecule has 0 atom stereocenters. The first kappa shape index (κ1) is 8.66. The Morgan fingerprint density at radius 1 is 1.38 bits per heavy atom. The van der Waals surface area contributed by atoms with Gasteiger partial charge in [-0.05, 0) is 18.1 Å². The van der Waals surface area contributed by atoms with Crippen molar-refractivity contribution in [2.24, 2.45) is 0 Å². The Bertz CT molecular complexity index is 325. The van der Waals surface area contributed by atoms with Crippen LogP contribution in [0.2, 0.25) is 5.02 Å².